The van der Waals surface area contributed by atoms with Gasteiger partial charge in [0.05, 0.1) is 13.2 Å². The molecule has 0 fully saturated rings. The molecule has 0 spiro atoms. The molecule has 1 aromatic carbocycles. The van der Waals surface area contributed by atoms with Crippen molar-refractivity contribution in [2.24, 2.45) is 0 Å². The van der Waals surface area contributed by atoms with Gasteiger partial charge in [-0.3, -0.25) is 4.79 Å². The number of aromatic nitrogens is 1. The number of carbonyl (C=O) groups is 1. The monoisotopic (exact) mass is 350 g/mol. The molecule has 0 bridgehead atoms. The first-order valence-corrected chi connectivity index (χ1v) is 8.30. The fourth-order valence-corrected chi connectivity index (χ4v) is 3.15. The summed E-state index contributed by atoms with van der Waals surface area (Å²) in [4.78, 5) is 12.6. The van der Waals surface area contributed by atoms with Crippen molar-refractivity contribution in [1.82, 2.24) is 9.88 Å². The normalized spacial score (nSPS) is 11.0. The van der Waals surface area contributed by atoms with Gasteiger partial charge >= 0.3 is 0 Å². The number of methoxy groups -OCH3 is 1. The maximum Gasteiger partial charge on any atom is 0.268 e. The SMILES string of the molecule is CCc1c(C)c(C(=O)NCCOC)n(Cc2c(F)cccc2F)c1C. The smallest absolute Gasteiger partial charge is 0.268 e. The fourth-order valence-electron chi connectivity index (χ4n) is 3.15. The molecule has 0 saturated heterocycles. The Kier molecular flexibility index (Phi) is 6.31. The van der Waals surface area contributed by atoms with Crippen molar-refractivity contribution in [3.63, 3.8) is 0 Å². The lowest BCUT2D eigenvalue weighted by Crippen LogP contribution is -2.30. The van der Waals surface area contributed by atoms with Crippen LogP contribution in [0.15, 0.2) is 18.2 Å². The van der Waals surface area contributed by atoms with Crippen LogP contribution in [0.4, 0.5) is 8.78 Å². The maximum atomic E-state index is 14.1. The van der Waals surface area contributed by atoms with Crippen molar-refractivity contribution in [2.45, 2.75) is 33.7 Å². The van der Waals surface area contributed by atoms with E-state index in [4.69, 9.17) is 4.74 Å². The molecule has 136 valence electrons. The van der Waals surface area contributed by atoms with E-state index >= 15 is 0 Å². The highest BCUT2D eigenvalue weighted by atomic mass is 19.1. The second-order valence-electron chi connectivity index (χ2n) is 5.93. The van der Waals surface area contributed by atoms with Crippen molar-refractivity contribution in [1.29, 1.82) is 0 Å². The van der Waals surface area contributed by atoms with Crippen LogP contribution in [-0.2, 0) is 17.7 Å². The molecule has 2 rings (SSSR count). The van der Waals surface area contributed by atoms with Crippen LogP contribution in [0.5, 0.6) is 0 Å². The molecule has 1 aromatic heterocycles. The van der Waals surface area contributed by atoms with Gasteiger partial charge in [0, 0.05) is 24.9 Å². The predicted octanol–water partition coefficient (Wildman–Crippen LogP) is 3.37. The third-order valence-electron chi connectivity index (χ3n) is 4.46. The molecule has 1 amide bonds. The van der Waals surface area contributed by atoms with Gasteiger partial charge in [-0.1, -0.05) is 13.0 Å². The van der Waals surface area contributed by atoms with Crippen LogP contribution in [0.1, 0.15) is 39.8 Å². The highest BCUT2D eigenvalue weighted by Gasteiger charge is 2.23. The van der Waals surface area contributed by atoms with Crippen LogP contribution in [0, 0.1) is 25.5 Å². The number of carbonyl (C=O) groups excluding carboxylic acids is 1. The molecule has 2 aromatic rings. The van der Waals surface area contributed by atoms with Gasteiger partial charge < -0.3 is 14.6 Å². The van der Waals surface area contributed by atoms with Crippen LogP contribution in [-0.4, -0.2) is 30.7 Å². The van der Waals surface area contributed by atoms with Gasteiger partial charge in [-0.05, 0) is 43.5 Å². The number of amides is 1. The molecular weight excluding hydrogens is 326 g/mol. The van der Waals surface area contributed by atoms with Crippen LogP contribution in [0.25, 0.3) is 0 Å². The van der Waals surface area contributed by atoms with Gasteiger partial charge in [0.25, 0.3) is 5.91 Å². The lowest BCUT2D eigenvalue weighted by molar-refractivity contribution is 0.0927. The minimum absolute atomic E-state index is 0.0296. The number of hydrogen-bond donors (Lipinski definition) is 1. The first-order chi connectivity index (χ1) is 11.9. The number of benzene rings is 1. The molecule has 0 unspecified atom stereocenters. The zero-order chi connectivity index (χ0) is 18.6. The Morgan fingerprint density at radius 1 is 1.20 bits per heavy atom. The first-order valence-electron chi connectivity index (χ1n) is 8.30. The third kappa shape index (κ3) is 3.90. The third-order valence-corrected chi connectivity index (χ3v) is 4.46. The molecule has 6 heteroatoms. The van der Waals surface area contributed by atoms with Gasteiger partial charge in [0.1, 0.15) is 17.3 Å². The summed E-state index contributed by atoms with van der Waals surface area (Å²) in [5, 5.41) is 2.79. The van der Waals surface area contributed by atoms with Crippen molar-refractivity contribution < 1.29 is 18.3 Å². The fraction of sp³-hybridized carbons (Fsp3) is 0.421. The Bertz CT molecular complexity index is 749. The Morgan fingerprint density at radius 2 is 1.84 bits per heavy atom. The van der Waals surface area contributed by atoms with E-state index in [9.17, 15) is 13.6 Å². The van der Waals surface area contributed by atoms with Crippen molar-refractivity contribution >= 4 is 5.91 Å². The molecule has 0 atom stereocenters. The van der Waals surface area contributed by atoms with Gasteiger partial charge in [-0.25, -0.2) is 8.78 Å². The molecule has 25 heavy (non-hydrogen) atoms. The number of nitrogens with zero attached hydrogens (tertiary/aromatic N) is 1. The maximum absolute atomic E-state index is 14.1. The molecule has 0 aliphatic heterocycles. The summed E-state index contributed by atoms with van der Waals surface area (Å²) >= 11 is 0. The Morgan fingerprint density at radius 3 is 2.40 bits per heavy atom. The topological polar surface area (TPSA) is 43.3 Å². The Labute approximate surface area is 146 Å². The molecule has 1 heterocycles. The van der Waals surface area contributed by atoms with E-state index in [1.807, 2.05) is 20.8 Å². The van der Waals surface area contributed by atoms with Gasteiger partial charge in [-0.15, -0.1) is 0 Å². The second kappa shape index (κ2) is 8.25. The van der Waals surface area contributed by atoms with E-state index in [2.05, 4.69) is 5.32 Å². The quantitative estimate of drug-likeness (QED) is 0.778. The van der Waals surface area contributed by atoms with E-state index in [1.165, 1.54) is 18.2 Å². The summed E-state index contributed by atoms with van der Waals surface area (Å²) in [5.41, 5.74) is 3.10. The number of hydrogen-bond acceptors (Lipinski definition) is 2. The molecule has 0 radical (unpaired) electrons. The standard InChI is InChI=1S/C19H24F2N2O2/c1-5-14-12(2)18(19(24)22-9-10-25-4)23(13(14)3)11-15-16(20)7-6-8-17(15)21/h6-8H,5,9-11H2,1-4H3,(H,22,24). The zero-order valence-electron chi connectivity index (χ0n) is 15.1. The minimum atomic E-state index is -0.616. The molecular formula is C19H24F2N2O2. The molecule has 0 saturated carbocycles. The lowest BCUT2D eigenvalue weighted by atomic mass is 10.1. The average molecular weight is 350 g/mol. The summed E-state index contributed by atoms with van der Waals surface area (Å²) < 4.78 is 34.8. The molecule has 0 aliphatic carbocycles. The van der Waals surface area contributed by atoms with Crippen LogP contribution >= 0.6 is 0 Å². The van der Waals surface area contributed by atoms with Gasteiger partial charge in [-0.2, -0.15) is 0 Å². The van der Waals surface area contributed by atoms with Crippen molar-refractivity contribution in [3.8, 4) is 0 Å². The van der Waals surface area contributed by atoms with E-state index < -0.39 is 11.6 Å². The zero-order valence-corrected chi connectivity index (χ0v) is 15.1. The van der Waals surface area contributed by atoms with Crippen LogP contribution < -0.4 is 5.32 Å². The molecule has 4 nitrogen and oxygen atoms in total. The second-order valence-corrected chi connectivity index (χ2v) is 5.93. The average Bonchev–Trinajstić information content (AvgIpc) is 2.81. The van der Waals surface area contributed by atoms with Crippen LogP contribution in [0.2, 0.25) is 0 Å². The Balaban J connectivity index is 2.47. The number of nitrogens with one attached hydrogen (secondary N) is 1. The summed E-state index contributed by atoms with van der Waals surface area (Å²) in [7, 11) is 1.56. The number of ether oxygens (including phenoxy) is 1. The predicted molar refractivity (Wildman–Crippen MR) is 93.0 cm³/mol. The van der Waals surface area contributed by atoms with E-state index in [0.717, 1.165) is 23.2 Å². The highest BCUT2D eigenvalue weighted by Crippen LogP contribution is 2.25. The van der Waals surface area contributed by atoms with Crippen molar-refractivity contribution in [2.75, 3.05) is 20.3 Å². The minimum Gasteiger partial charge on any atom is -0.383 e. The van der Waals surface area contributed by atoms with Gasteiger partial charge in [0.15, 0.2) is 0 Å². The Hall–Kier alpha value is -2.21. The summed E-state index contributed by atoms with van der Waals surface area (Å²) in [6, 6.07) is 3.78. The molecule has 1 N–H and O–H groups in total. The summed E-state index contributed by atoms with van der Waals surface area (Å²) in [6.45, 7) is 6.47. The van der Waals surface area contributed by atoms with Crippen LogP contribution in [0.3, 0.4) is 0 Å². The van der Waals surface area contributed by atoms with Gasteiger partial charge in [0.2, 0.25) is 0 Å². The first kappa shape index (κ1) is 19.1. The number of rotatable bonds is 7. The van der Waals surface area contributed by atoms with E-state index in [0.29, 0.717) is 18.8 Å². The summed E-state index contributed by atoms with van der Waals surface area (Å²) in [5.74, 6) is -1.50. The summed E-state index contributed by atoms with van der Waals surface area (Å²) in [6.07, 6.45) is 0.739. The van der Waals surface area contributed by atoms with E-state index in [1.54, 1.807) is 11.7 Å². The lowest BCUT2D eigenvalue weighted by Gasteiger charge is -2.14. The van der Waals surface area contributed by atoms with Crippen molar-refractivity contribution in [3.05, 3.63) is 57.9 Å². The highest BCUT2D eigenvalue weighted by molar-refractivity contribution is 5.95. The largest absolute Gasteiger partial charge is 0.383 e. The number of halogens is 2. The van der Waals surface area contributed by atoms with E-state index in [-0.39, 0.29) is 18.0 Å². The molecule has 0 aliphatic rings.